The summed E-state index contributed by atoms with van der Waals surface area (Å²) in [7, 11) is 0. The molecule has 114 valence electrons. The van der Waals surface area contributed by atoms with Crippen molar-refractivity contribution in [3.8, 4) is 11.8 Å². The molecular formula is C14H14F4N2O. The predicted octanol–water partition coefficient (Wildman–Crippen LogP) is 2.21. The summed E-state index contributed by atoms with van der Waals surface area (Å²) in [6.45, 7) is 1.25. The SMILES string of the molecule is CC(CC(F)(F)F)NC(=O)c1ccc(F)cc1C#CCN. The molecule has 1 amide bonds. The van der Waals surface area contributed by atoms with Crippen molar-refractivity contribution in [1.82, 2.24) is 5.32 Å². The molecule has 0 saturated carbocycles. The molecule has 0 aliphatic rings. The number of carbonyl (C=O) groups excluding carboxylic acids is 1. The largest absolute Gasteiger partial charge is 0.391 e. The fourth-order valence-electron chi connectivity index (χ4n) is 1.66. The lowest BCUT2D eigenvalue weighted by atomic mass is 10.1. The van der Waals surface area contributed by atoms with Gasteiger partial charge < -0.3 is 11.1 Å². The van der Waals surface area contributed by atoms with Gasteiger partial charge in [-0.05, 0) is 25.1 Å². The number of hydrogen-bond acceptors (Lipinski definition) is 2. The van der Waals surface area contributed by atoms with E-state index in [1.165, 1.54) is 13.0 Å². The Kier molecular flexibility index (Phi) is 5.73. The number of amides is 1. The third-order valence-electron chi connectivity index (χ3n) is 2.47. The second-order valence-electron chi connectivity index (χ2n) is 4.39. The van der Waals surface area contributed by atoms with E-state index in [0.717, 1.165) is 12.1 Å². The van der Waals surface area contributed by atoms with Crippen molar-refractivity contribution < 1.29 is 22.4 Å². The van der Waals surface area contributed by atoms with Gasteiger partial charge in [-0.25, -0.2) is 4.39 Å². The molecule has 3 N–H and O–H groups in total. The van der Waals surface area contributed by atoms with Crippen LogP contribution in [0.3, 0.4) is 0 Å². The minimum atomic E-state index is -4.38. The highest BCUT2D eigenvalue weighted by atomic mass is 19.4. The number of hydrogen-bond donors (Lipinski definition) is 2. The van der Waals surface area contributed by atoms with Gasteiger partial charge in [-0.1, -0.05) is 11.8 Å². The standard InChI is InChI=1S/C14H14F4N2O/c1-9(8-14(16,17)18)20-13(21)12-5-4-11(15)7-10(12)3-2-6-19/h4-5,7,9H,6,8,19H2,1H3,(H,20,21). The normalized spacial score (nSPS) is 12.3. The molecule has 1 unspecified atom stereocenters. The Morgan fingerprint density at radius 2 is 2.10 bits per heavy atom. The Balaban J connectivity index is 2.92. The molecule has 7 heteroatoms. The number of alkyl halides is 3. The Hall–Kier alpha value is -2.07. The molecule has 1 aromatic rings. The molecular weight excluding hydrogens is 288 g/mol. The van der Waals surface area contributed by atoms with E-state index >= 15 is 0 Å². The third-order valence-corrected chi connectivity index (χ3v) is 2.47. The van der Waals surface area contributed by atoms with E-state index in [4.69, 9.17) is 5.73 Å². The van der Waals surface area contributed by atoms with Crippen molar-refractivity contribution in [2.45, 2.75) is 25.6 Å². The molecule has 3 nitrogen and oxygen atoms in total. The maximum absolute atomic E-state index is 13.1. The van der Waals surface area contributed by atoms with Gasteiger partial charge in [-0.3, -0.25) is 4.79 Å². The highest BCUT2D eigenvalue weighted by Gasteiger charge is 2.30. The average Bonchev–Trinajstić information content (AvgIpc) is 2.33. The molecule has 0 aromatic heterocycles. The monoisotopic (exact) mass is 302 g/mol. The first-order chi connectivity index (χ1) is 9.73. The Bertz CT molecular complexity index is 573. The summed E-state index contributed by atoms with van der Waals surface area (Å²) in [4.78, 5) is 11.9. The van der Waals surface area contributed by atoms with E-state index in [1.54, 1.807) is 0 Å². The topological polar surface area (TPSA) is 55.1 Å². The van der Waals surface area contributed by atoms with Gasteiger partial charge in [0.15, 0.2) is 0 Å². The van der Waals surface area contributed by atoms with Crippen LogP contribution in [0.15, 0.2) is 18.2 Å². The Labute approximate surface area is 119 Å². The van der Waals surface area contributed by atoms with Crippen molar-refractivity contribution in [3.05, 3.63) is 35.1 Å². The maximum Gasteiger partial charge on any atom is 0.391 e. The van der Waals surface area contributed by atoms with Gasteiger partial charge in [-0.15, -0.1) is 0 Å². The van der Waals surface area contributed by atoms with Crippen LogP contribution in [0.1, 0.15) is 29.3 Å². The van der Waals surface area contributed by atoms with Crippen LogP contribution >= 0.6 is 0 Å². The molecule has 0 heterocycles. The van der Waals surface area contributed by atoms with Gasteiger partial charge in [0.05, 0.1) is 18.5 Å². The van der Waals surface area contributed by atoms with Crippen LogP contribution < -0.4 is 11.1 Å². The Morgan fingerprint density at radius 3 is 2.67 bits per heavy atom. The number of carbonyl (C=O) groups is 1. The number of nitrogens with two attached hydrogens (primary N) is 1. The maximum atomic E-state index is 13.1. The molecule has 0 radical (unpaired) electrons. The lowest BCUT2D eigenvalue weighted by molar-refractivity contribution is -0.138. The summed E-state index contributed by atoms with van der Waals surface area (Å²) in [5.74, 6) is 3.64. The molecule has 0 fully saturated rings. The fourth-order valence-corrected chi connectivity index (χ4v) is 1.66. The highest BCUT2D eigenvalue weighted by molar-refractivity contribution is 5.96. The summed E-state index contributed by atoms with van der Waals surface area (Å²) in [5.41, 5.74) is 5.28. The average molecular weight is 302 g/mol. The van der Waals surface area contributed by atoms with E-state index in [1.807, 2.05) is 0 Å². The molecule has 0 spiro atoms. The van der Waals surface area contributed by atoms with Crippen LogP contribution in [-0.4, -0.2) is 24.7 Å². The quantitative estimate of drug-likeness (QED) is 0.664. The predicted molar refractivity (Wildman–Crippen MR) is 69.9 cm³/mol. The minimum Gasteiger partial charge on any atom is -0.349 e. The van der Waals surface area contributed by atoms with Crippen LogP contribution in [0.2, 0.25) is 0 Å². The number of halogens is 4. The summed E-state index contributed by atoms with van der Waals surface area (Å²) in [6.07, 6.45) is -5.53. The van der Waals surface area contributed by atoms with Crippen molar-refractivity contribution in [3.63, 3.8) is 0 Å². The van der Waals surface area contributed by atoms with Crippen LogP contribution in [0, 0.1) is 17.7 Å². The lowest BCUT2D eigenvalue weighted by Gasteiger charge is -2.16. The van der Waals surface area contributed by atoms with Gasteiger partial charge in [0.1, 0.15) is 5.82 Å². The van der Waals surface area contributed by atoms with Gasteiger partial charge in [0, 0.05) is 11.6 Å². The molecule has 0 aliphatic carbocycles. The first kappa shape index (κ1) is 17.0. The molecule has 1 atom stereocenters. The smallest absolute Gasteiger partial charge is 0.349 e. The zero-order chi connectivity index (χ0) is 16.0. The number of nitrogens with one attached hydrogen (secondary N) is 1. The number of rotatable bonds is 3. The first-order valence-corrected chi connectivity index (χ1v) is 6.09. The molecule has 0 aliphatic heterocycles. The van der Waals surface area contributed by atoms with E-state index < -0.39 is 30.4 Å². The molecule has 1 rings (SSSR count). The van der Waals surface area contributed by atoms with E-state index in [2.05, 4.69) is 17.2 Å². The van der Waals surface area contributed by atoms with Gasteiger partial charge in [0.25, 0.3) is 5.91 Å². The summed E-state index contributed by atoms with van der Waals surface area (Å²) >= 11 is 0. The van der Waals surface area contributed by atoms with E-state index in [0.29, 0.717) is 0 Å². The second kappa shape index (κ2) is 7.09. The van der Waals surface area contributed by atoms with E-state index in [-0.39, 0.29) is 17.7 Å². The molecule has 1 aromatic carbocycles. The van der Waals surface area contributed by atoms with Crippen molar-refractivity contribution in [2.24, 2.45) is 5.73 Å². The van der Waals surface area contributed by atoms with Crippen LogP contribution in [0.5, 0.6) is 0 Å². The zero-order valence-electron chi connectivity index (χ0n) is 11.2. The third kappa shape index (κ3) is 5.83. The Morgan fingerprint density at radius 1 is 1.43 bits per heavy atom. The molecule has 0 bridgehead atoms. The van der Waals surface area contributed by atoms with Crippen molar-refractivity contribution in [2.75, 3.05) is 6.54 Å². The van der Waals surface area contributed by atoms with Gasteiger partial charge in [-0.2, -0.15) is 13.2 Å². The van der Waals surface area contributed by atoms with Crippen molar-refractivity contribution >= 4 is 5.91 Å². The summed E-state index contributed by atoms with van der Waals surface area (Å²) in [5, 5.41) is 2.21. The first-order valence-electron chi connectivity index (χ1n) is 6.09. The zero-order valence-corrected chi connectivity index (χ0v) is 11.2. The van der Waals surface area contributed by atoms with Crippen LogP contribution in [0.25, 0.3) is 0 Å². The summed E-state index contributed by atoms with van der Waals surface area (Å²) in [6, 6.07) is 2.15. The fraction of sp³-hybridized carbons (Fsp3) is 0.357. The molecule has 0 saturated heterocycles. The highest BCUT2D eigenvalue weighted by Crippen LogP contribution is 2.21. The van der Waals surface area contributed by atoms with Crippen LogP contribution in [-0.2, 0) is 0 Å². The van der Waals surface area contributed by atoms with E-state index in [9.17, 15) is 22.4 Å². The minimum absolute atomic E-state index is 0.00590. The van der Waals surface area contributed by atoms with Crippen molar-refractivity contribution in [1.29, 1.82) is 0 Å². The number of benzene rings is 1. The second-order valence-corrected chi connectivity index (χ2v) is 4.39. The van der Waals surface area contributed by atoms with Gasteiger partial charge in [0.2, 0.25) is 0 Å². The molecule has 21 heavy (non-hydrogen) atoms. The lowest BCUT2D eigenvalue weighted by Crippen LogP contribution is -2.36. The summed E-state index contributed by atoms with van der Waals surface area (Å²) < 4.78 is 49.8. The van der Waals surface area contributed by atoms with Gasteiger partial charge >= 0.3 is 6.18 Å². The van der Waals surface area contributed by atoms with Crippen LogP contribution in [0.4, 0.5) is 17.6 Å².